The number of aliphatic imine (C=N–C) groups is 1. The van der Waals surface area contributed by atoms with E-state index in [1.165, 1.54) is 6.07 Å². The average Bonchev–Trinajstić information content (AvgIpc) is 2.59. The second-order valence-electron chi connectivity index (χ2n) is 5.63. The van der Waals surface area contributed by atoms with Crippen molar-refractivity contribution in [3.63, 3.8) is 0 Å². The summed E-state index contributed by atoms with van der Waals surface area (Å²) in [6.45, 7) is 8.70. The minimum atomic E-state index is -0.172. The van der Waals surface area contributed by atoms with E-state index in [4.69, 9.17) is 4.74 Å². The molecular formula is C17H27BrFIN4O. The van der Waals surface area contributed by atoms with Crippen LogP contribution in [0.4, 0.5) is 4.39 Å². The number of benzene rings is 1. The zero-order valence-corrected chi connectivity index (χ0v) is 18.5. The Morgan fingerprint density at radius 2 is 2.08 bits per heavy atom. The van der Waals surface area contributed by atoms with E-state index in [1.807, 2.05) is 13.0 Å². The molecule has 0 aliphatic carbocycles. The largest absolute Gasteiger partial charge is 0.379 e. The summed E-state index contributed by atoms with van der Waals surface area (Å²) < 4.78 is 20.0. The molecule has 0 radical (unpaired) electrons. The molecule has 25 heavy (non-hydrogen) atoms. The van der Waals surface area contributed by atoms with Gasteiger partial charge in [0, 0.05) is 37.2 Å². The van der Waals surface area contributed by atoms with Gasteiger partial charge >= 0.3 is 0 Å². The van der Waals surface area contributed by atoms with Crippen molar-refractivity contribution in [2.24, 2.45) is 4.99 Å². The second-order valence-corrected chi connectivity index (χ2v) is 6.54. The number of guanidine groups is 1. The molecule has 1 saturated heterocycles. The van der Waals surface area contributed by atoms with Gasteiger partial charge in [-0.2, -0.15) is 0 Å². The van der Waals surface area contributed by atoms with Crippen LogP contribution < -0.4 is 10.6 Å². The molecule has 1 aromatic rings. The Labute approximate surface area is 174 Å². The van der Waals surface area contributed by atoms with E-state index in [1.54, 1.807) is 6.07 Å². The highest BCUT2D eigenvalue weighted by molar-refractivity contribution is 14.0. The topological polar surface area (TPSA) is 48.9 Å². The number of halogens is 3. The van der Waals surface area contributed by atoms with Crippen LogP contribution in [0.25, 0.3) is 0 Å². The number of nitrogens with one attached hydrogen (secondary N) is 2. The summed E-state index contributed by atoms with van der Waals surface area (Å²) in [7, 11) is 0. The van der Waals surface area contributed by atoms with Crippen molar-refractivity contribution < 1.29 is 9.13 Å². The molecule has 0 amide bonds. The Morgan fingerprint density at radius 1 is 1.32 bits per heavy atom. The first kappa shape index (κ1) is 22.6. The first-order valence-corrected chi connectivity index (χ1v) is 9.24. The van der Waals surface area contributed by atoms with E-state index in [2.05, 4.69) is 36.5 Å². The normalized spacial score (nSPS) is 15.6. The van der Waals surface area contributed by atoms with Crippen molar-refractivity contribution in [2.75, 3.05) is 52.5 Å². The van der Waals surface area contributed by atoms with Gasteiger partial charge in [-0.25, -0.2) is 4.39 Å². The summed E-state index contributed by atoms with van der Waals surface area (Å²) in [5, 5.41) is 6.49. The van der Waals surface area contributed by atoms with E-state index < -0.39 is 0 Å². The van der Waals surface area contributed by atoms with Gasteiger partial charge in [-0.3, -0.25) is 9.89 Å². The predicted octanol–water partition coefficient (Wildman–Crippen LogP) is 2.64. The van der Waals surface area contributed by atoms with Gasteiger partial charge in [0.05, 0.1) is 19.8 Å². The Kier molecular flexibility index (Phi) is 11.6. The Morgan fingerprint density at radius 3 is 2.80 bits per heavy atom. The molecule has 0 aromatic heterocycles. The predicted molar refractivity (Wildman–Crippen MR) is 114 cm³/mol. The number of rotatable bonds is 7. The molecule has 142 valence electrons. The molecule has 5 nitrogen and oxygen atoms in total. The van der Waals surface area contributed by atoms with Crippen molar-refractivity contribution in [3.05, 3.63) is 34.1 Å². The molecule has 8 heteroatoms. The van der Waals surface area contributed by atoms with Crippen LogP contribution in [-0.2, 0) is 11.2 Å². The monoisotopic (exact) mass is 528 g/mol. The Balaban J connectivity index is 0.00000312. The van der Waals surface area contributed by atoms with Crippen molar-refractivity contribution >= 4 is 45.9 Å². The lowest BCUT2D eigenvalue weighted by atomic mass is 10.1. The summed E-state index contributed by atoms with van der Waals surface area (Å²) in [5.74, 6) is 0.607. The molecular weight excluding hydrogens is 502 g/mol. The van der Waals surface area contributed by atoms with Crippen molar-refractivity contribution in [3.8, 4) is 0 Å². The van der Waals surface area contributed by atoms with Gasteiger partial charge in [0.15, 0.2) is 5.96 Å². The molecule has 1 aliphatic rings. The average molecular weight is 529 g/mol. The van der Waals surface area contributed by atoms with Gasteiger partial charge < -0.3 is 15.4 Å². The number of nitrogens with zero attached hydrogens (tertiary/aromatic N) is 2. The van der Waals surface area contributed by atoms with Crippen LogP contribution in [0.15, 0.2) is 27.7 Å². The highest BCUT2D eigenvalue weighted by Crippen LogP contribution is 2.15. The minimum absolute atomic E-state index is 0. The first-order chi connectivity index (χ1) is 11.7. The third kappa shape index (κ3) is 8.65. The maximum absolute atomic E-state index is 13.7. The van der Waals surface area contributed by atoms with Gasteiger partial charge in [0.1, 0.15) is 5.82 Å². The zero-order valence-electron chi connectivity index (χ0n) is 14.6. The second kappa shape index (κ2) is 12.8. The molecule has 0 bridgehead atoms. The molecule has 1 aliphatic heterocycles. The van der Waals surface area contributed by atoms with Crippen molar-refractivity contribution in [1.29, 1.82) is 0 Å². The van der Waals surface area contributed by atoms with Crippen LogP contribution >= 0.6 is 39.9 Å². The van der Waals surface area contributed by atoms with Crippen molar-refractivity contribution in [2.45, 2.75) is 13.3 Å². The minimum Gasteiger partial charge on any atom is -0.379 e. The summed E-state index contributed by atoms with van der Waals surface area (Å²) in [6, 6.07) is 5.02. The van der Waals surface area contributed by atoms with Crippen molar-refractivity contribution in [1.82, 2.24) is 15.5 Å². The molecule has 0 unspecified atom stereocenters. The lowest BCUT2D eigenvalue weighted by Crippen LogP contribution is -2.40. The number of morpholine rings is 1. The fraction of sp³-hybridized carbons (Fsp3) is 0.588. The molecule has 0 atom stereocenters. The van der Waals surface area contributed by atoms with Crippen LogP contribution in [-0.4, -0.2) is 63.3 Å². The smallest absolute Gasteiger partial charge is 0.191 e. The Hall–Kier alpha value is -0.450. The van der Waals surface area contributed by atoms with Crippen LogP contribution in [0.2, 0.25) is 0 Å². The number of hydrogen-bond donors (Lipinski definition) is 2. The number of ether oxygens (including phenoxy) is 1. The number of hydrogen-bond acceptors (Lipinski definition) is 3. The Bertz CT molecular complexity index is 541. The fourth-order valence-electron chi connectivity index (χ4n) is 2.52. The van der Waals surface area contributed by atoms with Gasteiger partial charge in [-0.1, -0.05) is 15.9 Å². The molecule has 0 spiro atoms. The quantitative estimate of drug-likeness (QED) is 0.324. The van der Waals surface area contributed by atoms with E-state index in [9.17, 15) is 4.39 Å². The molecule has 2 N–H and O–H groups in total. The molecule has 0 saturated carbocycles. The van der Waals surface area contributed by atoms with E-state index in [0.717, 1.165) is 56.4 Å². The molecule has 1 fully saturated rings. The van der Waals surface area contributed by atoms with Gasteiger partial charge in [-0.05, 0) is 37.1 Å². The van der Waals surface area contributed by atoms with Gasteiger partial charge in [-0.15, -0.1) is 24.0 Å². The van der Waals surface area contributed by atoms with Gasteiger partial charge in [0.25, 0.3) is 0 Å². The molecule has 1 heterocycles. The highest BCUT2D eigenvalue weighted by Gasteiger charge is 2.09. The zero-order chi connectivity index (χ0) is 17.2. The standard InChI is InChI=1S/C17H26BrFN4O.HI/c1-2-20-17(22-7-8-23-9-11-24-12-10-23)21-6-5-14-13-15(18)3-4-16(14)19;/h3-4,13H,2,5-12H2,1H3,(H2,20,21,22);1H. The maximum atomic E-state index is 13.7. The SMILES string of the molecule is CCNC(=NCCN1CCOCC1)NCCc1cc(Br)ccc1F.I. The van der Waals surface area contributed by atoms with Crippen LogP contribution in [0.5, 0.6) is 0 Å². The fourth-order valence-corrected chi connectivity index (χ4v) is 2.93. The van der Waals surface area contributed by atoms with E-state index in [0.29, 0.717) is 18.5 Å². The third-order valence-corrected chi connectivity index (χ3v) is 4.32. The third-order valence-electron chi connectivity index (χ3n) is 3.83. The van der Waals surface area contributed by atoms with Gasteiger partial charge in [0.2, 0.25) is 0 Å². The van der Waals surface area contributed by atoms with Crippen LogP contribution in [0.3, 0.4) is 0 Å². The maximum Gasteiger partial charge on any atom is 0.191 e. The summed E-state index contributed by atoms with van der Waals surface area (Å²) >= 11 is 3.38. The molecule has 2 rings (SSSR count). The van der Waals surface area contributed by atoms with E-state index >= 15 is 0 Å². The van der Waals surface area contributed by atoms with Crippen LogP contribution in [0.1, 0.15) is 12.5 Å². The highest BCUT2D eigenvalue weighted by atomic mass is 127. The van der Waals surface area contributed by atoms with Crippen LogP contribution in [0, 0.1) is 5.82 Å². The summed E-state index contributed by atoms with van der Waals surface area (Å²) in [4.78, 5) is 6.94. The lowest BCUT2D eigenvalue weighted by Gasteiger charge is -2.25. The lowest BCUT2D eigenvalue weighted by molar-refractivity contribution is 0.0394. The summed E-state index contributed by atoms with van der Waals surface area (Å²) in [6.07, 6.45) is 0.610. The van der Waals surface area contributed by atoms with E-state index in [-0.39, 0.29) is 29.8 Å². The summed E-state index contributed by atoms with van der Waals surface area (Å²) in [5.41, 5.74) is 0.695. The first-order valence-electron chi connectivity index (χ1n) is 8.45. The molecule has 1 aromatic carbocycles.